The van der Waals surface area contributed by atoms with E-state index < -0.39 is 5.82 Å². The lowest BCUT2D eigenvalue weighted by Gasteiger charge is -2.30. The van der Waals surface area contributed by atoms with Gasteiger partial charge in [0.15, 0.2) is 0 Å². The number of para-hydroxylation sites is 1. The Balaban J connectivity index is 1.38. The Morgan fingerprint density at radius 3 is 2.48 bits per heavy atom. The Morgan fingerprint density at radius 2 is 1.77 bits per heavy atom. The first-order valence-corrected chi connectivity index (χ1v) is 10.7. The lowest BCUT2D eigenvalue weighted by atomic mass is 9.91. The summed E-state index contributed by atoms with van der Waals surface area (Å²) < 4.78 is 13.2. The number of carbonyl (C=O) groups is 1. The molecule has 31 heavy (non-hydrogen) atoms. The molecular formula is C23H25ClFN5O. The van der Waals surface area contributed by atoms with Crippen molar-refractivity contribution in [3.05, 3.63) is 58.9 Å². The fourth-order valence-corrected chi connectivity index (χ4v) is 4.22. The number of carbonyl (C=O) groups excluding carboxylic acids is 1. The maximum atomic E-state index is 13.2. The molecule has 2 aromatic carbocycles. The van der Waals surface area contributed by atoms with Crippen molar-refractivity contribution in [2.45, 2.75) is 37.8 Å². The Morgan fingerprint density at radius 1 is 1.06 bits per heavy atom. The van der Waals surface area contributed by atoms with E-state index in [0.717, 1.165) is 48.5 Å². The second-order valence-electron chi connectivity index (χ2n) is 8.07. The number of hydrogen-bond acceptors (Lipinski definition) is 5. The van der Waals surface area contributed by atoms with Crippen molar-refractivity contribution in [2.24, 2.45) is 0 Å². The van der Waals surface area contributed by atoms with E-state index >= 15 is 0 Å². The van der Waals surface area contributed by atoms with Crippen LogP contribution in [0.2, 0.25) is 5.02 Å². The third-order valence-corrected chi connectivity index (χ3v) is 5.89. The number of benzene rings is 2. The minimum Gasteiger partial charge on any atom is -0.362 e. The van der Waals surface area contributed by atoms with Crippen molar-refractivity contribution in [1.29, 1.82) is 0 Å². The van der Waals surface area contributed by atoms with Gasteiger partial charge in [-0.05, 0) is 56.0 Å². The number of aromatic nitrogens is 2. The van der Waals surface area contributed by atoms with Gasteiger partial charge in [-0.1, -0.05) is 23.7 Å². The first-order valence-electron chi connectivity index (χ1n) is 10.4. The first-order chi connectivity index (χ1) is 14.9. The highest BCUT2D eigenvalue weighted by molar-refractivity contribution is 6.33. The van der Waals surface area contributed by atoms with Crippen molar-refractivity contribution in [1.82, 2.24) is 15.3 Å². The zero-order valence-electron chi connectivity index (χ0n) is 17.5. The van der Waals surface area contributed by atoms with Crippen molar-refractivity contribution in [3.63, 3.8) is 0 Å². The van der Waals surface area contributed by atoms with Gasteiger partial charge < -0.3 is 15.5 Å². The highest BCUT2D eigenvalue weighted by atomic mass is 35.5. The van der Waals surface area contributed by atoms with E-state index in [0.29, 0.717) is 11.5 Å². The van der Waals surface area contributed by atoms with Gasteiger partial charge in [-0.15, -0.1) is 0 Å². The zero-order chi connectivity index (χ0) is 22.0. The maximum absolute atomic E-state index is 13.2. The fraction of sp³-hybridized carbons (Fsp3) is 0.348. The molecule has 2 N–H and O–H groups in total. The van der Waals surface area contributed by atoms with Gasteiger partial charge in [-0.2, -0.15) is 4.98 Å². The summed E-state index contributed by atoms with van der Waals surface area (Å²) >= 11 is 6.00. The monoisotopic (exact) mass is 441 g/mol. The standard InChI is InChI=1S/C23H25ClFN5O/c1-30(2)21-18-5-3-4-6-20(18)28-23(29-21)27-16-10-8-15(9-11-16)26-22(31)17-12-7-14(25)13-19(17)24/h3-7,12-13,15-16H,8-11H2,1-2H3,(H,26,31)(H,27,28,29). The summed E-state index contributed by atoms with van der Waals surface area (Å²) in [5, 5.41) is 7.62. The largest absolute Gasteiger partial charge is 0.362 e. The Bertz CT molecular complexity index is 1100. The molecule has 0 bridgehead atoms. The van der Waals surface area contributed by atoms with Crippen molar-refractivity contribution >= 4 is 40.2 Å². The molecule has 3 aromatic rings. The zero-order valence-corrected chi connectivity index (χ0v) is 18.3. The van der Waals surface area contributed by atoms with E-state index in [9.17, 15) is 9.18 Å². The summed E-state index contributed by atoms with van der Waals surface area (Å²) in [7, 11) is 3.94. The molecule has 1 heterocycles. The van der Waals surface area contributed by atoms with E-state index in [1.54, 1.807) is 0 Å². The quantitative estimate of drug-likeness (QED) is 0.603. The van der Waals surface area contributed by atoms with Crippen molar-refractivity contribution in [3.8, 4) is 0 Å². The maximum Gasteiger partial charge on any atom is 0.253 e. The summed E-state index contributed by atoms with van der Waals surface area (Å²) in [6, 6.07) is 12.1. The Hall–Kier alpha value is -2.93. The molecule has 1 amide bonds. The van der Waals surface area contributed by atoms with Gasteiger partial charge in [0, 0.05) is 31.6 Å². The second kappa shape index (κ2) is 9.06. The van der Waals surface area contributed by atoms with Crippen LogP contribution in [0.1, 0.15) is 36.0 Å². The van der Waals surface area contributed by atoms with Crippen LogP contribution in [-0.2, 0) is 0 Å². The molecule has 6 nitrogen and oxygen atoms in total. The Kier molecular flexibility index (Phi) is 6.23. The summed E-state index contributed by atoms with van der Waals surface area (Å²) in [6.07, 6.45) is 3.43. The number of amides is 1. The van der Waals surface area contributed by atoms with Crippen LogP contribution in [0.25, 0.3) is 10.9 Å². The molecule has 0 aliphatic heterocycles. The van der Waals surface area contributed by atoms with E-state index in [1.165, 1.54) is 12.1 Å². The first kappa shape index (κ1) is 21.3. The molecule has 1 aliphatic carbocycles. The van der Waals surface area contributed by atoms with Gasteiger partial charge >= 0.3 is 0 Å². The topological polar surface area (TPSA) is 70.2 Å². The molecule has 0 saturated heterocycles. The predicted octanol–water partition coefficient (Wildman–Crippen LogP) is 4.64. The molecule has 0 unspecified atom stereocenters. The van der Waals surface area contributed by atoms with Crippen LogP contribution in [0.4, 0.5) is 16.2 Å². The van der Waals surface area contributed by atoms with Gasteiger partial charge in [0.05, 0.1) is 16.1 Å². The molecule has 0 radical (unpaired) electrons. The average molecular weight is 442 g/mol. The number of nitrogens with zero attached hydrogens (tertiary/aromatic N) is 3. The molecule has 162 valence electrons. The smallest absolute Gasteiger partial charge is 0.253 e. The summed E-state index contributed by atoms with van der Waals surface area (Å²) in [4.78, 5) is 23.9. The summed E-state index contributed by atoms with van der Waals surface area (Å²) in [5.41, 5.74) is 1.20. The molecule has 0 spiro atoms. The van der Waals surface area contributed by atoms with Gasteiger partial charge in [0.1, 0.15) is 11.6 Å². The fourth-order valence-electron chi connectivity index (χ4n) is 3.97. The number of nitrogens with one attached hydrogen (secondary N) is 2. The van der Waals surface area contributed by atoms with Crippen LogP contribution >= 0.6 is 11.6 Å². The minimum absolute atomic E-state index is 0.0570. The third kappa shape index (κ3) is 4.88. The number of anilines is 2. The molecule has 4 rings (SSSR count). The lowest BCUT2D eigenvalue weighted by molar-refractivity contribution is 0.0926. The summed E-state index contributed by atoms with van der Waals surface area (Å²) in [5.74, 6) is 0.773. The number of halogens is 2. The molecule has 1 aromatic heterocycles. The normalized spacial score (nSPS) is 18.6. The molecule has 1 aliphatic rings. The lowest BCUT2D eigenvalue weighted by Crippen LogP contribution is -2.40. The van der Waals surface area contributed by atoms with Gasteiger partial charge in [0.2, 0.25) is 5.95 Å². The molecule has 1 fully saturated rings. The van der Waals surface area contributed by atoms with E-state index in [2.05, 4.69) is 15.6 Å². The van der Waals surface area contributed by atoms with Crippen LogP contribution in [-0.4, -0.2) is 42.1 Å². The number of fused-ring (bicyclic) bond motifs is 1. The predicted molar refractivity (Wildman–Crippen MR) is 122 cm³/mol. The number of rotatable bonds is 5. The molecule has 8 heteroatoms. The molecule has 1 saturated carbocycles. The highest BCUT2D eigenvalue weighted by Crippen LogP contribution is 2.27. The summed E-state index contributed by atoms with van der Waals surface area (Å²) in [6.45, 7) is 0. The average Bonchev–Trinajstić information content (AvgIpc) is 2.74. The van der Waals surface area contributed by atoms with Crippen molar-refractivity contribution < 1.29 is 9.18 Å². The van der Waals surface area contributed by atoms with Gasteiger partial charge in [0.25, 0.3) is 5.91 Å². The van der Waals surface area contributed by atoms with Crippen LogP contribution < -0.4 is 15.5 Å². The third-order valence-electron chi connectivity index (χ3n) is 5.58. The van der Waals surface area contributed by atoms with Crippen LogP contribution in [0.3, 0.4) is 0 Å². The van der Waals surface area contributed by atoms with Crippen molar-refractivity contribution in [2.75, 3.05) is 24.3 Å². The van der Waals surface area contributed by atoms with E-state index in [-0.39, 0.29) is 23.0 Å². The second-order valence-corrected chi connectivity index (χ2v) is 8.48. The highest BCUT2D eigenvalue weighted by Gasteiger charge is 2.24. The van der Waals surface area contributed by atoms with Crippen LogP contribution in [0.15, 0.2) is 42.5 Å². The van der Waals surface area contributed by atoms with Crippen LogP contribution in [0.5, 0.6) is 0 Å². The molecular weight excluding hydrogens is 417 g/mol. The number of hydrogen-bond donors (Lipinski definition) is 2. The SMILES string of the molecule is CN(C)c1nc(NC2CCC(NC(=O)c3ccc(F)cc3Cl)CC2)nc2ccccc12. The Labute approximate surface area is 185 Å². The van der Waals surface area contributed by atoms with Crippen LogP contribution in [0, 0.1) is 5.82 Å². The van der Waals surface area contributed by atoms with E-state index in [1.807, 2.05) is 43.3 Å². The minimum atomic E-state index is -0.457. The molecule has 0 atom stereocenters. The van der Waals surface area contributed by atoms with E-state index in [4.69, 9.17) is 16.6 Å². The van der Waals surface area contributed by atoms with Gasteiger partial charge in [-0.25, -0.2) is 9.37 Å². The van der Waals surface area contributed by atoms with Gasteiger partial charge in [-0.3, -0.25) is 4.79 Å².